The van der Waals surface area contributed by atoms with E-state index in [0.29, 0.717) is 5.56 Å². The molecule has 0 aliphatic carbocycles. The molecule has 1 atom stereocenters. The van der Waals surface area contributed by atoms with E-state index in [1.807, 2.05) is 0 Å². The van der Waals surface area contributed by atoms with Crippen molar-refractivity contribution in [1.82, 2.24) is 14.5 Å². The van der Waals surface area contributed by atoms with Gasteiger partial charge in [0.15, 0.2) is 6.17 Å². The number of nitrogens with one attached hydrogen (secondary N) is 1. The Morgan fingerprint density at radius 3 is 2.37 bits per heavy atom. The lowest BCUT2D eigenvalue weighted by Gasteiger charge is -2.28. The molecular weight excluding hydrogens is 411 g/mol. The zero-order valence-electron chi connectivity index (χ0n) is 16.2. The van der Waals surface area contributed by atoms with Crippen LogP contribution in [0.1, 0.15) is 15.9 Å². The van der Waals surface area contributed by atoms with Crippen molar-refractivity contribution in [1.29, 1.82) is 0 Å². The minimum Gasteiger partial charge on any atom is -0.352 e. The quantitative estimate of drug-likeness (QED) is 0.660. The number of nitrogens with zero attached hydrogens (tertiary/aromatic N) is 2. The molecule has 0 bridgehead atoms. The number of hydrogen-bond donors (Lipinski definition) is 2. The van der Waals surface area contributed by atoms with E-state index in [1.54, 1.807) is 30.3 Å². The molecule has 1 saturated heterocycles. The number of carbonyl (C=O) groups is 2. The highest BCUT2D eigenvalue weighted by atomic mass is 32.2. The zero-order chi connectivity index (χ0) is 21.7. The van der Waals surface area contributed by atoms with Gasteiger partial charge in [0.1, 0.15) is 5.82 Å². The molecule has 3 N–H and O–H groups in total. The maximum absolute atomic E-state index is 13.2. The molecule has 0 saturated carbocycles. The van der Waals surface area contributed by atoms with Gasteiger partial charge in [0.2, 0.25) is 10.0 Å². The van der Waals surface area contributed by atoms with Gasteiger partial charge in [-0.05, 0) is 29.8 Å². The molecule has 1 unspecified atom stereocenters. The largest absolute Gasteiger partial charge is 0.352 e. The van der Waals surface area contributed by atoms with Gasteiger partial charge in [0, 0.05) is 31.7 Å². The van der Waals surface area contributed by atoms with Gasteiger partial charge in [-0.15, -0.1) is 0 Å². The Hall–Kier alpha value is -2.82. The van der Waals surface area contributed by atoms with Gasteiger partial charge >= 0.3 is 0 Å². The second-order valence-electron chi connectivity index (χ2n) is 6.81. The molecule has 0 spiro atoms. The SMILES string of the molecule is NCCNC(=O)C1N(C(=O)c2ccc(F)cc2)CCN1S(=O)(=O)Cc1ccccc1. The van der Waals surface area contributed by atoms with Crippen molar-refractivity contribution in [2.24, 2.45) is 5.73 Å². The summed E-state index contributed by atoms with van der Waals surface area (Å²) < 4.78 is 40.4. The summed E-state index contributed by atoms with van der Waals surface area (Å²) in [4.78, 5) is 26.9. The van der Waals surface area contributed by atoms with Crippen LogP contribution in [0, 0.1) is 5.82 Å². The van der Waals surface area contributed by atoms with Crippen molar-refractivity contribution in [3.63, 3.8) is 0 Å². The first kappa shape index (κ1) is 21.9. The number of benzene rings is 2. The molecule has 2 amide bonds. The van der Waals surface area contributed by atoms with E-state index >= 15 is 0 Å². The van der Waals surface area contributed by atoms with Crippen LogP contribution >= 0.6 is 0 Å². The lowest BCUT2D eigenvalue weighted by molar-refractivity contribution is -0.127. The summed E-state index contributed by atoms with van der Waals surface area (Å²) in [6, 6.07) is 13.5. The number of hydrogen-bond acceptors (Lipinski definition) is 5. The van der Waals surface area contributed by atoms with Crippen LogP contribution in [-0.2, 0) is 20.6 Å². The first-order valence-corrected chi connectivity index (χ1v) is 11.0. The standard InChI is InChI=1S/C20H23FN4O4S/c21-17-8-6-16(7-9-17)20(27)24-12-13-25(19(24)18(26)23-11-10-22)30(28,29)14-15-4-2-1-3-5-15/h1-9,19H,10-14,22H2,(H,23,26). The lowest BCUT2D eigenvalue weighted by atomic mass is 10.2. The predicted molar refractivity (Wildman–Crippen MR) is 109 cm³/mol. The smallest absolute Gasteiger partial charge is 0.259 e. The van der Waals surface area contributed by atoms with Crippen LogP contribution in [0.2, 0.25) is 0 Å². The molecule has 160 valence electrons. The average Bonchev–Trinajstić information content (AvgIpc) is 3.19. The van der Waals surface area contributed by atoms with E-state index in [1.165, 1.54) is 17.0 Å². The van der Waals surface area contributed by atoms with Crippen molar-refractivity contribution < 1.29 is 22.4 Å². The van der Waals surface area contributed by atoms with Crippen LogP contribution in [0.25, 0.3) is 0 Å². The van der Waals surface area contributed by atoms with E-state index in [-0.39, 0.29) is 37.5 Å². The molecule has 10 heteroatoms. The summed E-state index contributed by atoms with van der Waals surface area (Å²) in [5, 5.41) is 2.56. The van der Waals surface area contributed by atoms with Crippen molar-refractivity contribution in [2.45, 2.75) is 11.9 Å². The first-order valence-electron chi connectivity index (χ1n) is 9.41. The Labute approximate surface area is 174 Å². The number of sulfonamides is 1. The van der Waals surface area contributed by atoms with E-state index in [2.05, 4.69) is 5.32 Å². The minimum atomic E-state index is -3.90. The van der Waals surface area contributed by atoms with E-state index in [9.17, 15) is 22.4 Å². The van der Waals surface area contributed by atoms with E-state index in [4.69, 9.17) is 5.73 Å². The summed E-state index contributed by atoms with van der Waals surface area (Å²) in [6.07, 6.45) is -1.34. The second kappa shape index (κ2) is 9.33. The first-order chi connectivity index (χ1) is 14.3. The maximum atomic E-state index is 13.2. The summed E-state index contributed by atoms with van der Waals surface area (Å²) in [7, 11) is -3.90. The fourth-order valence-electron chi connectivity index (χ4n) is 3.30. The van der Waals surface area contributed by atoms with E-state index in [0.717, 1.165) is 16.4 Å². The minimum absolute atomic E-state index is 0.0250. The Balaban J connectivity index is 1.90. The third-order valence-corrected chi connectivity index (χ3v) is 6.50. The van der Waals surface area contributed by atoms with Crippen molar-refractivity contribution >= 4 is 21.8 Å². The van der Waals surface area contributed by atoms with Gasteiger partial charge in [-0.3, -0.25) is 9.59 Å². The van der Waals surface area contributed by atoms with Gasteiger partial charge in [0.25, 0.3) is 11.8 Å². The molecule has 2 aromatic rings. The number of halogens is 1. The van der Waals surface area contributed by atoms with Crippen LogP contribution in [0.15, 0.2) is 54.6 Å². The highest BCUT2D eigenvalue weighted by Gasteiger charge is 2.45. The van der Waals surface area contributed by atoms with Crippen LogP contribution < -0.4 is 11.1 Å². The Bertz CT molecular complexity index is 999. The molecule has 2 aromatic carbocycles. The molecule has 1 heterocycles. The Morgan fingerprint density at radius 2 is 1.73 bits per heavy atom. The molecule has 0 aromatic heterocycles. The van der Waals surface area contributed by atoms with Crippen LogP contribution in [-0.4, -0.2) is 61.8 Å². The second-order valence-corrected chi connectivity index (χ2v) is 8.73. The number of rotatable bonds is 7. The monoisotopic (exact) mass is 434 g/mol. The third kappa shape index (κ3) is 4.84. The summed E-state index contributed by atoms with van der Waals surface area (Å²) >= 11 is 0. The van der Waals surface area contributed by atoms with Gasteiger partial charge in [-0.1, -0.05) is 30.3 Å². The summed E-state index contributed by atoms with van der Waals surface area (Å²) in [5.74, 6) is -1.99. The molecule has 0 radical (unpaired) electrons. The van der Waals surface area contributed by atoms with Crippen LogP contribution in [0.3, 0.4) is 0 Å². The maximum Gasteiger partial charge on any atom is 0.259 e. The highest BCUT2D eigenvalue weighted by molar-refractivity contribution is 7.88. The Morgan fingerprint density at radius 1 is 1.07 bits per heavy atom. The fourth-order valence-corrected chi connectivity index (χ4v) is 4.95. The van der Waals surface area contributed by atoms with Crippen LogP contribution in [0.5, 0.6) is 0 Å². The van der Waals surface area contributed by atoms with Gasteiger partial charge in [0.05, 0.1) is 5.75 Å². The van der Waals surface area contributed by atoms with Crippen LogP contribution in [0.4, 0.5) is 4.39 Å². The summed E-state index contributed by atoms with van der Waals surface area (Å²) in [6.45, 7) is 0.315. The number of carbonyl (C=O) groups excluding carboxylic acids is 2. The normalized spacial score (nSPS) is 17.1. The number of amides is 2. The molecule has 1 aliphatic rings. The molecule has 3 rings (SSSR count). The molecule has 1 fully saturated rings. The third-order valence-electron chi connectivity index (χ3n) is 4.71. The lowest BCUT2D eigenvalue weighted by Crippen LogP contribution is -2.54. The topological polar surface area (TPSA) is 113 Å². The van der Waals surface area contributed by atoms with Gasteiger partial charge < -0.3 is 16.0 Å². The van der Waals surface area contributed by atoms with Crippen molar-refractivity contribution in [2.75, 3.05) is 26.2 Å². The molecular formula is C20H23FN4O4S. The van der Waals surface area contributed by atoms with Gasteiger partial charge in [-0.2, -0.15) is 4.31 Å². The molecule has 8 nitrogen and oxygen atoms in total. The van der Waals surface area contributed by atoms with Gasteiger partial charge in [-0.25, -0.2) is 12.8 Å². The highest BCUT2D eigenvalue weighted by Crippen LogP contribution is 2.24. The molecule has 1 aliphatic heterocycles. The number of nitrogens with two attached hydrogens (primary N) is 1. The molecule has 30 heavy (non-hydrogen) atoms. The van der Waals surface area contributed by atoms with E-state index < -0.39 is 33.8 Å². The predicted octanol–water partition coefficient (Wildman–Crippen LogP) is 0.515. The van der Waals surface area contributed by atoms with Crippen molar-refractivity contribution in [3.8, 4) is 0 Å². The zero-order valence-corrected chi connectivity index (χ0v) is 17.0. The average molecular weight is 434 g/mol. The van der Waals surface area contributed by atoms with Crippen molar-refractivity contribution in [3.05, 3.63) is 71.5 Å². The summed E-state index contributed by atoms with van der Waals surface area (Å²) in [5.41, 5.74) is 6.17. The Kier molecular flexibility index (Phi) is 6.80. The fraction of sp³-hybridized carbons (Fsp3) is 0.300.